The summed E-state index contributed by atoms with van der Waals surface area (Å²) in [4.78, 5) is 19.7. The lowest BCUT2D eigenvalue weighted by molar-refractivity contribution is -0.148. The molecule has 37 heavy (non-hydrogen) atoms. The predicted molar refractivity (Wildman–Crippen MR) is 143 cm³/mol. The fourth-order valence-electron chi connectivity index (χ4n) is 9.39. The van der Waals surface area contributed by atoms with E-state index in [4.69, 9.17) is 10.5 Å². The molecule has 0 aromatic heterocycles. The van der Waals surface area contributed by atoms with Crippen molar-refractivity contribution in [1.29, 1.82) is 0 Å². The Kier molecular flexibility index (Phi) is 7.19. The van der Waals surface area contributed by atoms with Gasteiger partial charge in [-0.2, -0.15) is 0 Å². The summed E-state index contributed by atoms with van der Waals surface area (Å²) >= 11 is 0. The molecule has 2 spiro atoms. The highest BCUT2D eigenvalue weighted by Crippen LogP contribution is 2.78. The van der Waals surface area contributed by atoms with Crippen LogP contribution in [0.25, 0.3) is 0 Å². The number of methoxy groups -OCH3 is 1. The zero-order valence-electron chi connectivity index (χ0n) is 22.6. The Morgan fingerprint density at radius 3 is 2.68 bits per heavy atom. The molecule has 9 heteroatoms. The molecular formula is C28H45N5O4. The van der Waals surface area contributed by atoms with E-state index < -0.39 is 23.1 Å². The fourth-order valence-corrected chi connectivity index (χ4v) is 9.39. The van der Waals surface area contributed by atoms with Crippen molar-refractivity contribution in [2.45, 2.75) is 63.1 Å². The lowest BCUT2D eigenvalue weighted by Crippen LogP contribution is -2.63. The van der Waals surface area contributed by atoms with Crippen LogP contribution in [-0.2, 0) is 9.53 Å². The maximum atomic E-state index is 12.9. The molecule has 0 radical (unpaired) electrons. The summed E-state index contributed by atoms with van der Waals surface area (Å²) in [6.07, 6.45) is 10.9. The van der Waals surface area contributed by atoms with Gasteiger partial charge in [-0.1, -0.05) is 18.9 Å². The third-order valence-corrected chi connectivity index (χ3v) is 10.6. The van der Waals surface area contributed by atoms with Gasteiger partial charge in [0.15, 0.2) is 5.96 Å². The Morgan fingerprint density at radius 2 is 1.97 bits per heavy atom. The monoisotopic (exact) mass is 515 g/mol. The van der Waals surface area contributed by atoms with E-state index in [1.54, 1.807) is 7.11 Å². The van der Waals surface area contributed by atoms with Gasteiger partial charge >= 0.3 is 5.97 Å². The van der Waals surface area contributed by atoms with Gasteiger partial charge in [-0.3, -0.25) is 4.99 Å². The van der Waals surface area contributed by atoms with E-state index in [-0.39, 0.29) is 16.9 Å². The number of allylic oxidation sites excluding steroid dienone is 1. The summed E-state index contributed by atoms with van der Waals surface area (Å²) in [5.74, 6) is 0.372. The number of carboxylic acids is 1. The van der Waals surface area contributed by atoms with Crippen molar-refractivity contribution in [3.8, 4) is 0 Å². The molecular weight excluding hydrogens is 470 g/mol. The number of hydrogen-bond acceptors (Lipinski definition) is 6. The smallest absolute Gasteiger partial charge is 0.334 e. The molecule has 4 aliphatic carbocycles. The van der Waals surface area contributed by atoms with E-state index in [9.17, 15) is 15.0 Å². The number of ether oxygens (including phenoxy) is 1. The topological polar surface area (TPSA) is 132 Å². The number of likely N-dealkylation sites (N-methyl/N-ethyl adjacent to an activating group) is 1. The molecule has 5 rings (SSSR count). The summed E-state index contributed by atoms with van der Waals surface area (Å²) < 4.78 is 5.87. The number of nitrogens with two attached hydrogens (primary N) is 1. The van der Waals surface area contributed by atoms with E-state index >= 15 is 0 Å². The second kappa shape index (κ2) is 9.98. The van der Waals surface area contributed by atoms with Crippen molar-refractivity contribution >= 4 is 11.9 Å². The Bertz CT molecular complexity index is 997. The number of aliphatic carboxylic acids is 1. The van der Waals surface area contributed by atoms with Crippen LogP contribution < -0.4 is 16.4 Å². The number of aliphatic hydroxyl groups is 1. The summed E-state index contributed by atoms with van der Waals surface area (Å²) in [5.41, 5.74) is 5.64. The molecule has 3 bridgehead atoms. The molecule has 9 nitrogen and oxygen atoms in total. The maximum absolute atomic E-state index is 12.9. The third kappa shape index (κ3) is 3.72. The standard InChI is InChI=1S/C28H45N5O4/c1-30-11-12-32-25(29)33-13-10-20(15-31-2)27(17-33)19-9-8-18-6-4-5-7-22(37-3)28(36)16-26(18,27)21(14-19)23(28)24(34)35/h10,13,18-20,22,30-31,36H,4-9,11-12,14-17H2,1-3H3,(H2,29,32)(H,34,35). The number of carboxylic acid groups (broad SMARTS) is 1. The molecule has 3 saturated carbocycles. The summed E-state index contributed by atoms with van der Waals surface area (Å²) in [7, 11) is 5.50. The van der Waals surface area contributed by atoms with Crippen LogP contribution in [0.5, 0.6) is 0 Å². The number of fused-ring (bicyclic) bond motifs is 1. The number of guanidine groups is 1. The van der Waals surface area contributed by atoms with E-state index in [2.05, 4.69) is 32.8 Å². The van der Waals surface area contributed by atoms with Gasteiger partial charge in [0.1, 0.15) is 5.60 Å². The minimum absolute atomic E-state index is 0.198. The molecule has 7 unspecified atom stereocenters. The van der Waals surface area contributed by atoms with Crippen LogP contribution in [0, 0.1) is 28.6 Å². The van der Waals surface area contributed by atoms with Crippen LogP contribution in [0.15, 0.2) is 28.4 Å². The Balaban J connectivity index is 1.71. The quantitative estimate of drug-likeness (QED) is 0.197. The molecule has 206 valence electrons. The molecule has 7 atom stereocenters. The predicted octanol–water partition coefficient (Wildman–Crippen LogP) is 1.69. The molecule has 0 aromatic rings. The Hall–Kier alpha value is -1.94. The van der Waals surface area contributed by atoms with Gasteiger partial charge in [0.2, 0.25) is 0 Å². The summed E-state index contributed by atoms with van der Waals surface area (Å²) in [6.45, 7) is 2.84. The van der Waals surface area contributed by atoms with Gasteiger partial charge in [-0.25, -0.2) is 4.79 Å². The first-order chi connectivity index (χ1) is 17.8. The van der Waals surface area contributed by atoms with Crippen LogP contribution in [0.2, 0.25) is 0 Å². The molecule has 0 saturated heterocycles. The van der Waals surface area contributed by atoms with Gasteiger partial charge < -0.3 is 36.2 Å². The second-order valence-electron chi connectivity index (χ2n) is 11.9. The van der Waals surface area contributed by atoms with Crippen molar-refractivity contribution in [3.05, 3.63) is 23.4 Å². The van der Waals surface area contributed by atoms with Crippen LogP contribution in [0.3, 0.4) is 0 Å². The fraction of sp³-hybridized carbons (Fsp3) is 0.786. The minimum Gasteiger partial charge on any atom is -0.478 e. The van der Waals surface area contributed by atoms with Crippen LogP contribution >= 0.6 is 0 Å². The first-order valence-corrected chi connectivity index (χ1v) is 14.1. The van der Waals surface area contributed by atoms with Crippen molar-refractivity contribution < 1.29 is 19.7 Å². The van der Waals surface area contributed by atoms with Gasteiger partial charge in [-0.15, -0.1) is 0 Å². The first-order valence-electron chi connectivity index (χ1n) is 14.1. The number of rotatable bonds is 7. The van der Waals surface area contributed by atoms with E-state index in [1.807, 2.05) is 14.1 Å². The van der Waals surface area contributed by atoms with Crippen LogP contribution in [0.4, 0.5) is 0 Å². The molecule has 0 amide bonds. The minimum atomic E-state index is -1.49. The molecule has 5 aliphatic rings. The number of nitrogens with zero attached hydrogens (tertiary/aromatic N) is 2. The van der Waals surface area contributed by atoms with Crippen LogP contribution in [-0.4, -0.2) is 86.1 Å². The molecule has 6 N–H and O–H groups in total. The van der Waals surface area contributed by atoms with E-state index in [0.29, 0.717) is 43.7 Å². The normalized spacial score (nSPS) is 41.2. The highest BCUT2D eigenvalue weighted by atomic mass is 16.5. The van der Waals surface area contributed by atoms with E-state index in [0.717, 1.165) is 57.2 Å². The van der Waals surface area contributed by atoms with Crippen molar-refractivity contribution in [1.82, 2.24) is 15.5 Å². The maximum Gasteiger partial charge on any atom is 0.334 e. The molecule has 1 aliphatic heterocycles. The lowest BCUT2D eigenvalue weighted by atomic mass is 9.45. The number of aliphatic imine (C=N–C) groups is 1. The number of nitrogens with one attached hydrogen (secondary N) is 2. The largest absolute Gasteiger partial charge is 0.478 e. The zero-order valence-corrected chi connectivity index (χ0v) is 22.6. The molecule has 1 heterocycles. The van der Waals surface area contributed by atoms with Crippen molar-refractivity contribution in [2.24, 2.45) is 39.3 Å². The van der Waals surface area contributed by atoms with Crippen molar-refractivity contribution in [2.75, 3.05) is 47.4 Å². The highest BCUT2D eigenvalue weighted by Gasteiger charge is 2.76. The van der Waals surface area contributed by atoms with Crippen molar-refractivity contribution in [3.63, 3.8) is 0 Å². The SMILES string of the molecule is CNCCN=C(N)N1C=CC(CNC)C2(C1)C1CCC3CCCCC(OC)C4(O)CC32C(=C4C(=O)O)C1. The molecule has 3 fully saturated rings. The van der Waals surface area contributed by atoms with Crippen LogP contribution in [0.1, 0.15) is 51.4 Å². The average molecular weight is 516 g/mol. The summed E-state index contributed by atoms with van der Waals surface area (Å²) in [5, 5.41) is 29.5. The van der Waals surface area contributed by atoms with Gasteiger partial charge in [0.05, 0.1) is 18.2 Å². The molecule has 0 aromatic carbocycles. The Labute approximate surface area is 220 Å². The highest BCUT2D eigenvalue weighted by molar-refractivity contribution is 5.92. The number of carbonyl (C=O) groups is 1. The second-order valence-corrected chi connectivity index (χ2v) is 11.9. The lowest BCUT2D eigenvalue weighted by Gasteiger charge is -2.61. The van der Waals surface area contributed by atoms with E-state index in [1.165, 1.54) is 0 Å². The van der Waals surface area contributed by atoms with Gasteiger partial charge in [-0.05, 0) is 75.9 Å². The zero-order chi connectivity index (χ0) is 26.4. The summed E-state index contributed by atoms with van der Waals surface area (Å²) in [6, 6.07) is 0. The van der Waals surface area contributed by atoms with Gasteiger partial charge in [0.25, 0.3) is 0 Å². The number of hydrogen-bond donors (Lipinski definition) is 5. The average Bonchev–Trinajstić information content (AvgIpc) is 3.23. The van der Waals surface area contributed by atoms with Gasteiger partial charge in [0, 0.05) is 43.8 Å². The first kappa shape index (κ1) is 26.7. The Morgan fingerprint density at radius 1 is 1.22 bits per heavy atom. The third-order valence-electron chi connectivity index (χ3n) is 10.6.